The summed E-state index contributed by atoms with van der Waals surface area (Å²) in [5.74, 6) is 0.844. The average Bonchev–Trinajstić information content (AvgIpc) is 3.26. The molecular formula is C32H34Cl2FNO2. The Balaban J connectivity index is 1.51. The molecule has 3 aromatic carbocycles. The molecule has 0 bridgehead atoms. The molecule has 0 radical (unpaired) electrons. The third kappa shape index (κ3) is 6.10. The van der Waals surface area contributed by atoms with E-state index in [1.165, 1.54) is 16.7 Å². The van der Waals surface area contributed by atoms with Crippen LogP contribution >= 0.6 is 23.2 Å². The Bertz CT molecular complexity index is 1310. The lowest BCUT2D eigenvalue weighted by Crippen LogP contribution is -2.26. The molecule has 200 valence electrons. The van der Waals surface area contributed by atoms with Crippen LogP contribution in [0.4, 0.5) is 4.39 Å². The average molecular weight is 555 g/mol. The Kier molecular flexibility index (Phi) is 8.74. The third-order valence-electron chi connectivity index (χ3n) is 7.59. The first-order valence-electron chi connectivity index (χ1n) is 13.5. The molecule has 1 aliphatic heterocycles. The highest BCUT2D eigenvalue weighted by Gasteiger charge is 2.25. The number of ether oxygens (including phenoxy) is 1. The topological polar surface area (TPSA) is 32.7 Å². The van der Waals surface area contributed by atoms with Crippen molar-refractivity contribution in [1.82, 2.24) is 4.90 Å². The third-order valence-corrected chi connectivity index (χ3v) is 8.14. The Morgan fingerprint density at radius 3 is 2.55 bits per heavy atom. The van der Waals surface area contributed by atoms with Crippen LogP contribution in [0.3, 0.4) is 0 Å². The minimum Gasteiger partial charge on any atom is -0.489 e. The van der Waals surface area contributed by atoms with Gasteiger partial charge in [0.25, 0.3) is 0 Å². The maximum absolute atomic E-state index is 12.5. The van der Waals surface area contributed by atoms with Gasteiger partial charge in [0.05, 0.1) is 12.8 Å². The fourth-order valence-corrected chi connectivity index (χ4v) is 6.20. The van der Waals surface area contributed by atoms with Crippen molar-refractivity contribution in [2.45, 2.75) is 51.2 Å². The maximum Gasteiger partial charge on any atom is 0.119 e. The lowest BCUT2D eigenvalue weighted by Gasteiger charge is -2.19. The van der Waals surface area contributed by atoms with E-state index in [0.717, 1.165) is 73.3 Å². The highest BCUT2D eigenvalue weighted by molar-refractivity contribution is 6.36. The number of nitrogens with zero attached hydrogens (tertiary/aromatic N) is 1. The molecule has 1 N–H and O–H groups in total. The van der Waals surface area contributed by atoms with Crippen LogP contribution in [0, 0.1) is 0 Å². The molecule has 5 rings (SSSR count). The van der Waals surface area contributed by atoms with E-state index in [2.05, 4.69) is 29.2 Å². The molecule has 3 nitrogen and oxygen atoms in total. The van der Waals surface area contributed by atoms with Crippen molar-refractivity contribution in [3.8, 4) is 5.75 Å². The maximum atomic E-state index is 12.5. The van der Waals surface area contributed by atoms with Gasteiger partial charge in [0.2, 0.25) is 0 Å². The number of aliphatic hydroxyl groups excluding tert-OH is 1. The van der Waals surface area contributed by atoms with Crippen molar-refractivity contribution < 1.29 is 14.2 Å². The number of alkyl halides is 1. The van der Waals surface area contributed by atoms with Crippen molar-refractivity contribution in [2.24, 2.45) is 0 Å². The van der Waals surface area contributed by atoms with Gasteiger partial charge < -0.3 is 9.84 Å². The van der Waals surface area contributed by atoms with Crippen molar-refractivity contribution in [3.63, 3.8) is 0 Å². The van der Waals surface area contributed by atoms with Gasteiger partial charge in [0.1, 0.15) is 11.9 Å². The van der Waals surface area contributed by atoms with Gasteiger partial charge in [0.15, 0.2) is 0 Å². The van der Waals surface area contributed by atoms with E-state index in [1.54, 1.807) is 13.0 Å². The van der Waals surface area contributed by atoms with Crippen LogP contribution in [0.25, 0.3) is 11.1 Å². The molecule has 0 saturated carbocycles. The number of allylic oxidation sites excluding steroid dienone is 1. The first-order chi connectivity index (χ1) is 18.4. The fraction of sp³-hybridized carbons (Fsp3) is 0.375. The summed E-state index contributed by atoms with van der Waals surface area (Å²) in [6, 6.07) is 20.3. The van der Waals surface area contributed by atoms with Crippen LogP contribution < -0.4 is 4.74 Å². The predicted octanol–water partition coefficient (Wildman–Crippen LogP) is 8.15. The largest absolute Gasteiger partial charge is 0.489 e. The molecule has 38 heavy (non-hydrogen) atoms. The minimum atomic E-state index is -0.513. The lowest BCUT2D eigenvalue weighted by molar-refractivity contribution is 0.198. The van der Waals surface area contributed by atoms with Gasteiger partial charge in [0, 0.05) is 29.7 Å². The molecule has 1 unspecified atom stereocenters. The van der Waals surface area contributed by atoms with Crippen LogP contribution in [0.2, 0.25) is 10.0 Å². The highest BCUT2D eigenvalue weighted by Crippen LogP contribution is 2.43. The zero-order valence-corrected chi connectivity index (χ0v) is 23.2. The van der Waals surface area contributed by atoms with E-state index >= 15 is 0 Å². The SMILES string of the molecule is CC(O)c1ccc2c(c1)CCCC(c1ccc(Cl)cc1Cl)=C2c1ccc(O[C@H]2CCN(CCCF)C2)cc1. The second-order valence-corrected chi connectivity index (χ2v) is 11.2. The molecule has 1 aliphatic carbocycles. The van der Waals surface area contributed by atoms with E-state index in [9.17, 15) is 9.50 Å². The number of rotatable bonds is 8. The number of benzene rings is 3. The predicted molar refractivity (Wildman–Crippen MR) is 155 cm³/mol. The Labute approximate surface area is 234 Å². The number of aryl methyl sites for hydroxylation is 1. The molecule has 2 atom stereocenters. The Morgan fingerprint density at radius 1 is 1.03 bits per heavy atom. The number of hydrogen-bond acceptors (Lipinski definition) is 3. The van der Waals surface area contributed by atoms with Gasteiger partial charge in [-0.05, 0) is 102 Å². The summed E-state index contributed by atoms with van der Waals surface area (Å²) in [7, 11) is 0. The summed E-state index contributed by atoms with van der Waals surface area (Å²) in [4.78, 5) is 2.27. The first-order valence-corrected chi connectivity index (χ1v) is 14.2. The molecule has 0 aromatic heterocycles. The molecule has 0 spiro atoms. The van der Waals surface area contributed by atoms with Gasteiger partial charge in [-0.15, -0.1) is 0 Å². The van der Waals surface area contributed by atoms with Gasteiger partial charge >= 0.3 is 0 Å². The molecular weight excluding hydrogens is 520 g/mol. The normalized spacial score (nSPS) is 18.8. The summed E-state index contributed by atoms with van der Waals surface area (Å²) >= 11 is 13.0. The summed E-state index contributed by atoms with van der Waals surface area (Å²) in [5, 5.41) is 11.5. The molecule has 3 aromatic rings. The smallest absolute Gasteiger partial charge is 0.119 e. The lowest BCUT2D eigenvalue weighted by atomic mass is 9.87. The van der Waals surface area contributed by atoms with Crippen molar-refractivity contribution >= 4 is 34.3 Å². The van der Waals surface area contributed by atoms with E-state index < -0.39 is 6.10 Å². The second-order valence-electron chi connectivity index (χ2n) is 10.3. The molecule has 1 fully saturated rings. The van der Waals surface area contributed by atoms with Crippen LogP contribution in [-0.4, -0.2) is 42.4 Å². The van der Waals surface area contributed by atoms with E-state index in [4.69, 9.17) is 27.9 Å². The van der Waals surface area contributed by atoms with E-state index in [0.29, 0.717) is 16.5 Å². The van der Waals surface area contributed by atoms with E-state index in [1.807, 2.05) is 30.3 Å². The zero-order valence-electron chi connectivity index (χ0n) is 21.7. The molecule has 2 aliphatic rings. The van der Waals surface area contributed by atoms with Crippen molar-refractivity contribution in [3.05, 3.63) is 98.5 Å². The van der Waals surface area contributed by atoms with Gasteiger partial charge in [-0.3, -0.25) is 9.29 Å². The van der Waals surface area contributed by atoms with Crippen molar-refractivity contribution in [2.75, 3.05) is 26.3 Å². The summed E-state index contributed by atoms with van der Waals surface area (Å²) in [6.07, 6.45) is 3.94. The number of halogens is 3. The van der Waals surface area contributed by atoms with Gasteiger partial charge in [-0.1, -0.05) is 59.6 Å². The standard InChI is InChI=1S/C32H34Cl2FNO2/c1-21(37)23-8-12-28-24(18-23)4-2-5-30(29-13-9-25(33)19-31(29)34)32(28)22-6-10-26(11-7-22)38-27-14-17-36(20-27)16-3-15-35/h6-13,18-19,21,27,37H,2-5,14-17,20H2,1H3/t21?,27-/m0/s1. The number of fused-ring (bicyclic) bond motifs is 1. The zero-order chi connectivity index (χ0) is 26.6. The highest BCUT2D eigenvalue weighted by atomic mass is 35.5. The van der Waals surface area contributed by atoms with Gasteiger partial charge in [-0.25, -0.2) is 0 Å². The molecule has 1 heterocycles. The number of aliphatic hydroxyl groups is 1. The van der Waals surface area contributed by atoms with Crippen molar-refractivity contribution in [1.29, 1.82) is 0 Å². The number of hydrogen-bond donors (Lipinski definition) is 1. The number of likely N-dealkylation sites (tertiary alicyclic amines) is 1. The minimum absolute atomic E-state index is 0.126. The summed E-state index contributed by atoms with van der Waals surface area (Å²) in [5.41, 5.74) is 7.78. The molecule has 0 amide bonds. The molecule has 6 heteroatoms. The second kappa shape index (κ2) is 12.2. The van der Waals surface area contributed by atoms with Gasteiger partial charge in [-0.2, -0.15) is 0 Å². The monoisotopic (exact) mass is 553 g/mol. The van der Waals surface area contributed by atoms with Crippen LogP contribution in [0.1, 0.15) is 66.5 Å². The quantitative estimate of drug-likeness (QED) is 0.305. The van der Waals surface area contributed by atoms with Crippen LogP contribution in [0.5, 0.6) is 5.75 Å². The summed E-state index contributed by atoms with van der Waals surface area (Å²) in [6.45, 7) is 4.11. The Hall–Kier alpha value is -2.37. The van der Waals surface area contributed by atoms with Crippen LogP contribution in [0.15, 0.2) is 60.7 Å². The fourth-order valence-electron chi connectivity index (χ4n) is 5.67. The van der Waals surface area contributed by atoms with E-state index in [-0.39, 0.29) is 12.8 Å². The Morgan fingerprint density at radius 2 is 1.82 bits per heavy atom. The first kappa shape index (κ1) is 27.2. The van der Waals surface area contributed by atoms with Crippen LogP contribution in [-0.2, 0) is 6.42 Å². The summed E-state index contributed by atoms with van der Waals surface area (Å²) < 4.78 is 18.8. The molecule has 1 saturated heterocycles.